The standard InChI is InChI=1S/C25H34N4O3/c30-17-18-32-24-4-2-1-3-23(24)20-28-13-15-29(16-14-28)25(31)22-7-11-27(12-8-22)19-21-5-9-26-10-6-21/h1-6,9-10,22,30H,7-8,11-20H2. The third kappa shape index (κ3) is 6.06. The van der Waals surface area contributed by atoms with E-state index in [-0.39, 0.29) is 12.5 Å². The van der Waals surface area contributed by atoms with Crippen molar-refractivity contribution < 1.29 is 14.6 Å². The highest BCUT2D eigenvalue weighted by Crippen LogP contribution is 2.23. The molecule has 0 bridgehead atoms. The Morgan fingerprint density at radius 3 is 2.34 bits per heavy atom. The van der Waals surface area contributed by atoms with Crippen LogP contribution in [-0.2, 0) is 17.9 Å². The maximum atomic E-state index is 13.1. The second kappa shape index (κ2) is 11.4. The molecule has 172 valence electrons. The highest BCUT2D eigenvalue weighted by Gasteiger charge is 2.30. The van der Waals surface area contributed by atoms with E-state index in [0.717, 1.165) is 76.5 Å². The lowest BCUT2D eigenvalue weighted by Gasteiger charge is -2.38. The average molecular weight is 439 g/mol. The van der Waals surface area contributed by atoms with Gasteiger partial charge in [-0.25, -0.2) is 0 Å². The van der Waals surface area contributed by atoms with Crippen LogP contribution in [0.2, 0.25) is 0 Å². The summed E-state index contributed by atoms with van der Waals surface area (Å²) in [5.74, 6) is 1.32. The Labute approximate surface area is 190 Å². The molecular weight excluding hydrogens is 404 g/mol. The second-order valence-electron chi connectivity index (χ2n) is 8.69. The molecule has 3 heterocycles. The Kier molecular flexibility index (Phi) is 8.09. The molecule has 1 amide bonds. The monoisotopic (exact) mass is 438 g/mol. The fraction of sp³-hybridized carbons (Fsp3) is 0.520. The molecule has 2 saturated heterocycles. The van der Waals surface area contributed by atoms with Crippen molar-refractivity contribution in [3.05, 3.63) is 59.9 Å². The number of likely N-dealkylation sites (tertiary alicyclic amines) is 1. The quantitative estimate of drug-likeness (QED) is 0.680. The summed E-state index contributed by atoms with van der Waals surface area (Å²) in [4.78, 5) is 24.1. The minimum atomic E-state index is 0.0117. The average Bonchev–Trinajstić information content (AvgIpc) is 2.85. The summed E-state index contributed by atoms with van der Waals surface area (Å²) in [6.45, 7) is 7.33. The molecule has 0 unspecified atom stereocenters. The van der Waals surface area contributed by atoms with Crippen molar-refractivity contribution >= 4 is 5.91 Å². The minimum absolute atomic E-state index is 0.0117. The van der Waals surface area contributed by atoms with Crippen molar-refractivity contribution in [1.29, 1.82) is 0 Å². The van der Waals surface area contributed by atoms with E-state index in [1.54, 1.807) is 0 Å². The summed E-state index contributed by atoms with van der Waals surface area (Å²) in [6, 6.07) is 12.1. The van der Waals surface area contributed by atoms with Crippen molar-refractivity contribution in [2.45, 2.75) is 25.9 Å². The maximum Gasteiger partial charge on any atom is 0.225 e. The number of rotatable bonds is 8. The predicted molar refractivity (Wildman–Crippen MR) is 123 cm³/mol. The second-order valence-corrected chi connectivity index (χ2v) is 8.69. The zero-order chi connectivity index (χ0) is 22.2. The number of aliphatic hydroxyl groups excluding tert-OH is 1. The van der Waals surface area contributed by atoms with Crippen LogP contribution in [-0.4, -0.2) is 83.2 Å². The molecule has 1 N–H and O–H groups in total. The van der Waals surface area contributed by atoms with E-state index in [1.807, 2.05) is 30.6 Å². The fourth-order valence-corrected chi connectivity index (χ4v) is 4.64. The maximum absolute atomic E-state index is 13.1. The number of para-hydroxylation sites is 1. The first kappa shape index (κ1) is 22.7. The topological polar surface area (TPSA) is 69.1 Å². The van der Waals surface area contributed by atoms with Crippen LogP contribution in [0, 0.1) is 5.92 Å². The van der Waals surface area contributed by atoms with E-state index >= 15 is 0 Å². The summed E-state index contributed by atoms with van der Waals surface area (Å²) in [6.07, 6.45) is 5.57. The number of aliphatic hydroxyl groups is 1. The highest BCUT2D eigenvalue weighted by atomic mass is 16.5. The first-order valence-electron chi connectivity index (χ1n) is 11.7. The molecule has 4 rings (SSSR count). The lowest BCUT2D eigenvalue weighted by molar-refractivity contribution is -0.139. The van der Waals surface area contributed by atoms with Crippen molar-refractivity contribution in [1.82, 2.24) is 19.7 Å². The van der Waals surface area contributed by atoms with Gasteiger partial charge in [0.25, 0.3) is 0 Å². The largest absolute Gasteiger partial charge is 0.491 e. The van der Waals surface area contributed by atoms with E-state index in [2.05, 4.69) is 37.9 Å². The van der Waals surface area contributed by atoms with Crippen LogP contribution in [0.5, 0.6) is 5.75 Å². The molecule has 32 heavy (non-hydrogen) atoms. The van der Waals surface area contributed by atoms with Gasteiger partial charge in [0.1, 0.15) is 12.4 Å². The Hall–Kier alpha value is -2.48. The third-order valence-corrected chi connectivity index (χ3v) is 6.49. The Balaban J connectivity index is 1.21. The van der Waals surface area contributed by atoms with Crippen molar-refractivity contribution in [3.63, 3.8) is 0 Å². The van der Waals surface area contributed by atoms with Crippen LogP contribution in [0.4, 0.5) is 0 Å². The number of carbonyl (C=O) groups excluding carboxylic acids is 1. The molecule has 7 nitrogen and oxygen atoms in total. The lowest BCUT2D eigenvalue weighted by Crippen LogP contribution is -2.51. The molecule has 2 fully saturated rings. The first-order chi connectivity index (χ1) is 15.7. The van der Waals surface area contributed by atoms with E-state index in [4.69, 9.17) is 9.84 Å². The number of carbonyl (C=O) groups is 1. The molecular formula is C25H34N4O3. The molecule has 0 radical (unpaired) electrons. The number of piperazine rings is 1. The van der Waals surface area contributed by atoms with Gasteiger partial charge in [-0.2, -0.15) is 0 Å². The van der Waals surface area contributed by atoms with Gasteiger partial charge in [-0.15, -0.1) is 0 Å². The summed E-state index contributed by atoms with van der Waals surface area (Å²) in [5, 5.41) is 9.03. The number of amides is 1. The molecule has 2 aromatic rings. The summed E-state index contributed by atoms with van der Waals surface area (Å²) in [7, 11) is 0. The first-order valence-corrected chi connectivity index (χ1v) is 11.7. The zero-order valence-electron chi connectivity index (χ0n) is 18.7. The lowest BCUT2D eigenvalue weighted by atomic mass is 9.94. The van der Waals surface area contributed by atoms with Crippen LogP contribution in [0.15, 0.2) is 48.8 Å². The molecule has 1 aromatic carbocycles. The summed E-state index contributed by atoms with van der Waals surface area (Å²) in [5.41, 5.74) is 2.41. The van der Waals surface area contributed by atoms with E-state index in [0.29, 0.717) is 12.5 Å². The molecule has 0 atom stereocenters. The van der Waals surface area contributed by atoms with Gasteiger partial charge in [-0.05, 0) is 49.7 Å². The molecule has 7 heteroatoms. The van der Waals surface area contributed by atoms with Crippen LogP contribution in [0.1, 0.15) is 24.0 Å². The number of benzene rings is 1. The van der Waals surface area contributed by atoms with E-state index in [1.165, 1.54) is 5.56 Å². The van der Waals surface area contributed by atoms with Gasteiger partial charge in [0.15, 0.2) is 0 Å². The number of piperidine rings is 1. The number of ether oxygens (including phenoxy) is 1. The molecule has 2 aliphatic rings. The van der Waals surface area contributed by atoms with Gasteiger partial charge in [-0.3, -0.25) is 19.6 Å². The van der Waals surface area contributed by atoms with Gasteiger partial charge in [0.2, 0.25) is 5.91 Å². The summed E-state index contributed by atoms with van der Waals surface area (Å²) < 4.78 is 5.66. The summed E-state index contributed by atoms with van der Waals surface area (Å²) >= 11 is 0. The Bertz CT molecular complexity index is 847. The number of aromatic nitrogens is 1. The van der Waals surface area contributed by atoms with Crippen LogP contribution in [0.3, 0.4) is 0 Å². The van der Waals surface area contributed by atoms with Crippen LogP contribution in [0.25, 0.3) is 0 Å². The van der Waals surface area contributed by atoms with Gasteiger partial charge >= 0.3 is 0 Å². The van der Waals surface area contributed by atoms with Gasteiger partial charge in [0, 0.05) is 63.1 Å². The third-order valence-electron chi connectivity index (χ3n) is 6.49. The Morgan fingerprint density at radius 2 is 1.62 bits per heavy atom. The molecule has 1 aromatic heterocycles. The molecule has 0 spiro atoms. The number of pyridine rings is 1. The van der Waals surface area contributed by atoms with Crippen LogP contribution >= 0.6 is 0 Å². The van der Waals surface area contributed by atoms with Crippen molar-refractivity contribution in [3.8, 4) is 5.75 Å². The van der Waals surface area contributed by atoms with E-state index < -0.39 is 0 Å². The fourth-order valence-electron chi connectivity index (χ4n) is 4.64. The minimum Gasteiger partial charge on any atom is -0.491 e. The number of nitrogens with zero attached hydrogens (tertiary/aromatic N) is 4. The van der Waals surface area contributed by atoms with Gasteiger partial charge < -0.3 is 14.7 Å². The molecule has 0 aliphatic carbocycles. The Morgan fingerprint density at radius 1 is 0.938 bits per heavy atom. The predicted octanol–water partition coefficient (Wildman–Crippen LogP) is 2.01. The SMILES string of the molecule is O=C(C1CCN(Cc2ccncc2)CC1)N1CCN(Cc2ccccc2OCCO)CC1. The number of hydrogen-bond acceptors (Lipinski definition) is 6. The smallest absolute Gasteiger partial charge is 0.225 e. The zero-order valence-corrected chi connectivity index (χ0v) is 18.7. The van der Waals surface area contributed by atoms with Crippen molar-refractivity contribution in [2.75, 3.05) is 52.5 Å². The van der Waals surface area contributed by atoms with Gasteiger partial charge in [0.05, 0.1) is 6.61 Å². The van der Waals surface area contributed by atoms with Gasteiger partial charge in [-0.1, -0.05) is 18.2 Å². The van der Waals surface area contributed by atoms with Crippen LogP contribution < -0.4 is 4.74 Å². The van der Waals surface area contributed by atoms with E-state index in [9.17, 15) is 4.79 Å². The molecule has 2 aliphatic heterocycles. The molecule has 0 saturated carbocycles. The highest BCUT2D eigenvalue weighted by molar-refractivity contribution is 5.79. The number of hydrogen-bond donors (Lipinski definition) is 1. The normalized spacial score (nSPS) is 18.6. The van der Waals surface area contributed by atoms with Crippen molar-refractivity contribution in [2.24, 2.45) is 5.92 Å².